The second-order valence-corrected chi connectivity index (χ2v) is 7.82. The zero-order valence-electron chi connectivity index (χ0n) is 14.1. The maximum atomic E-state index is 12.1. The van der Waals surface area contributed by atoms with Gasteiger partial charge in [0.05, 0.1) is 13.1 Å². The lowest BCUT2D eigenvalue weighted by molar-refractivity contribution is -0.122. The summed E-state index contributed by atoms with van der Waals surface area (Å²) in [6, 6.07) is 4.05. The molecule has 1 amide bonds. The first-order valence-electron chi connectivity index (χ1n) is 8.12. The minimum absolute atomic E-state index is 0.102. The van der Waals surface area contributed by atoms with Gasteiger partial charge in [-0.1, -0.05) is 17.8 Å². The maximum absolute atomic E-state index is 12.1. The van der Waals surface area contributed by atoms with E-state index in [0.717, 1.165) is 36.9 Å². The van der Waals surface area contributed by atoms with Crippen molar-refractivity contribution in [2.24, 2.45) is 7.05 Å². The molecule has 0 atom stereocenters. The molecular weight excluding hydrogens is 342 g/mol. The number of thiophene rings is 1. The van der Waals surface area contributed by atoms with Crippen LogP contribution in [0.3, 0.4) is 0 Å². The zero-order chi connectivity index (χ0) is 16.9. The number of nitrogens with one attached hydrogen (secondary N) is 1. The molecule has 1 fully saturated rings. The standard InChI is InChI=1S/C16H23N5OS2/c1-20-15(18-19-16(20)23-2)12-5-7-21(8-6-12)11-14(22)17-10-13-4-3-9-24-13/h3-4,9,12H,5-8,10-11H2,1-2H3,(H,17,22). The summed E-state index contributed by atoms with van der Waals surface area (Å²) in [5, 5.41) is 14.6. The van der Waals surface area contributed by atoms with Crippen molar-refractivity contribution in [2.75, 3.05) is 25.9 Å². The van der Waals surface area contributed by atoms with Crippen molar-refractivity contribution in [3.05, 3.63) is 28.2 Å². The number of aromatic nitrogens is 3. The van der Waals surface area contributed by atoms with Crippen LogP contribution in [0.15, 0.2) is 22.7 Å². The lowest BCUT2D eigenvalue weighted by atomic mass is 9.96. The lowest BCUT2D eigenvalue weighted by Gasteiger charge is -2.30. The molecule has 0 aliphatic carbocycles. The average molecular weight is 366 g/mol. The molecule has 6 nitrogen and oxygen atoms in total. The fourth-order valence-corrected chi connectivity index (χ4v) is 4.20. The fraction of sp³-hybridized carbons (Fsp3) is 0.562. The molecule has 130 valence electrons. The van der Waals surface area contributed by atoms with Crippen LogP contribution in [0.25, 0.3) is 0 Å². The molecule has 2 aromatic heterocycles. The molecule has 0 saturated carbocycles. The number of nitrogens with zero attached hydrogens (tertiary/aromatic N) is 4. The first-order valence-corrected chi connectivity index (χ1v) is 10.2. The molecule has 24 heavy (non-hydrogen) atoms. The Morgan fingerprint density at radius 1 is 1.42 bits per heavy atom. The van der Waals surface area contributed by atoms with Crippen LogP contribution in [0.4, 0.5) is 0 Å². The molecule has 0 bridgehead atoms. The summed E-state index contributed by atoms with van der Waals surface area (Å²) < 4.78 is 2.10. The van der Waals surface area contributed by atoms with E-state index in [4.69, 9.17) is 0 Å². The van der Waals surface area contributed by atoms with E-state index in [-0.39, 0.29) is 5.91 Å². The van der Waals surface area contributed by atoms with Crippen LogP contribution >= 0.6 is 23.1 Å². The number of amides is 1. The van der Waals surface area contributed by atoms with Crippen molar-refractivity contribution in [3.63, 3.8) is 0 Å². The number of likely N-dealkylation sites (tertiary alicyclic amines) is 1. The molecule has 2 aromatic rings. The molecule has 0 unspecified atom stereocenters. The van der Waals surface area contributed by atoms with Crippen LogP contribution in [-0.4, -0.2) is 51.5 Å². The summed E-state index contributed by atoms with van der Waals surface area (Å²) in [5.41, 5.74) is 0. The number of hydrogen-bond donors (Lipinski definition) is 1. The monoisotopic (exact) mass is 365 g/mol. The first kappa shape index (κ1) is 17.4. The molecule has 1 N–H and O–H groups in total. The molecule has 1 saturated heterocycles. The van der Waals surface area contributed by atoms with E-state index in [1.165, 1.54) is 4.88 Å². The van der Waals surface area contributed by atoms with Gasteiger partial charge in [-0.2, -0.15) is 0 Å². The van der Waals surface area contributed by atoms with E-state index in [1.54, 1.807) is 23.1 Å². The molecule has 1 aliphatic heterocycles. The highest BCUT2D eigenvalue weighted by Gasteiger charge is 2.25. The normalized spacial score (nSPS) is 16.4. The minimum Gasteiger partial charge on any atom is -0.350 e. The summed E-state index contributed by atoms with van der Waals surface area (Å²) in [7, 11) is 2.03. The second kappa shape index (κ2) is 8.13. The predicted molar refractivity (Wildman–Crippen MR) is 97.4 cm³/mol. The maximum Gasteiger partial charge on any atom is 0.234 e. The quantitative estimate of drug-likeness (QED) is 0.794. The van der Waals surface area contributed by atoms with Gasteiger partial charge in [-0.3, -0.25) is 9.69 Å². The first-order chi connectivity index (χ1) is 11.7. The van der Waals surface area contributed by atoms with Crippen LogP contribution in [0, 0.1) is 0 Å². The van der Waals surface area contributed by atoms with Gasteiger partial charge in [0.15, 0.2) is 5.16 Å². The van der Waals surface area contributed by atoms with Crippen LogP contribution < -0.4 is 5.32 Å². The summed E-state index contributed by atoms with van der Waals surface area (Å²) in [6.07, 6.45) is 4.07. The van der Waals surface area contributed by atoms with E-state index in [1.807, 2.05) is 30.8 Å². The lowest BCUT2D eigenvalue weighted by Crippen LogP contribution is -2.41. The van der Waals surface area contributed by atoms with Crippen molar-refractivity contribution < 1.29 is 4.79 Å². The molecule has 0 radical (unpaired) electrons. The number of carbonyl (C=O) groups is 1. The highest BCUT2D eigenvalue weighted by Crippen LogP contribution is 2.28. The van der Waals surface area contributed by atoms with Crippen molar-refractivity contribution in [3.8, 4) is 0 Å². The molecule has 3 heterocycles. The Labute approximate surface area is 150 Å². The summed E-state index contributed by atoms with van der Waals surface area (Å²) in [5.74, 6) is 1.61. The highest BCUT2D eigenvalue weighted by atomic mass is 32.2. The van der Waals surface area contributed by atoms with Gasteiger partial charge in [0.1, 0.15) is 5.82 Å². The van der Waals surface area contributed by atoms with Gasteiger partial charge in [-0.05, 0) is 43.6 Å². The third-order valence-corrected chi connectivity index (χ3v) is 6.01. The fourth-order valence-electron chi connectivity index (χ4n) is 3.07. The largest absolute Gasteiger partial charge is 0.350 e. The smallest absolute Gasteiger partial charge is 0.234 e. The number of carbonyl (C=O) groups excluding carboxylic acids is 1. The Bertz CT molecular complexity index is 662. The Balaban J connectivity index is 1.44. The Morgan fingerprint density at radius 3 is 2.83 bits per heavy atom. The molecular formula is C16H23N5OS2. The average Bonchev–Trinajstić information content (AvgIpc) is 3.23. The molecule has 1 aliphatic rings. The topological polar surface area (TPSA) is 63.1 Å². The number of piperidine rings is 1. The molecule has 3 rings (SSSR count). The van der Waals surface area contributed by atoms with E-state index in [2.05, 4.69) is 25.0 Å². The van der Waals surface area contributed by atoms with E-state index in [9.17, 15) is 4.79 Å². The van der Waals surface area contributed by atoms with Crippen molar-refractivity contribution in [2.45, 2.75) is 30.5 Å². The third-order valence-electron chi connectivity index (χ3n) is 4.41. The Kier molecular flexibility index (Phi) is 5.91. The van der Waals surface area contributed by atoms with Crippen LogP contribution in [0.1, 0.15) is 29.5 Å². The van der Waals surface area contributed by atoms with E-state index in [0.29, 0.717) is 19.0 Å². The van der Waals surface area contributed by atoms with E-state index < -0.39 is 0 Å². The molecule has 8 heteroatoms. The predicted octanol–water partition coefficient (Wildman–Crippen LogP) is 2.09. The van der Waals surface area contributed by atoms with Crippen molar-refractivity contribution >= 4 is 29.0 Å². The summed E-state index contributed by atoms with van der Waals surface area (Å²) >= 11 is 3.29. The van der Waals surface area contributed by atoms with Gasteiger partial charge < -0.3 is 9.88 Å². The summed E-state index contributed by atoms with van der Waals surface area (Å²) in [6.45, 7) is 2.97. The molecule has 0 aromatic carbocycles. The van der Waals surface area contributed by atoms with Crippen LogP contribution in [0.2, 0.25) is 0 Å². The number of rotatable bonds is 6. The van der Waals surface area contributed by atoms with Crippen molar-refractivity contribution in [1.29, 1.82) is 0 Å². The highest BCUT2D eigenvalue weighted by molar-refractivity contribution is 7.98. The summed E-state index contributed by atoms with van der Waals surface area (Å²) in [4.78, 5) is 15.5. The van der Waals surface area contributed by atoms with Gasteiger partial charge in [0.25, 0.3) is 0 Å². The molecule has 0 spiro atoms. The Hall–Kier alpha value is -1.38. The van der Waals surface area contributed by atoms with Gasteiger partial charge >= 0.3 is 0 Å². The minimum atomic E-state index is 0.102. The van der Waals surface area contributed by atoms with Crippen LogP contribution in [-0.2, 0) is 18.4 Å². The number of hydrogen-bond acceptors (Lipinski definition) is 6. The third kappa shape index (κ3) is 4.17. The van der Waals surface area contributed by atoms with Gasteiger partial charge in [-0.25, -0.2) is 0 Å². The number of thioether (sulfide) groups is 1. The SMILES string of the molecule is CSc1nnc(C2CCN(CC(=O)NCc3cccs3)CC2)n1C. The second-order valence-electron chi connectivity index (χ2n) is 6.01. The van der Waals surface area contributed by atoms with Gasteiger partial charge in [-0.15, -0.1) is 21.5 Å². The van der Waals surface area contributed by atoms with Crippen molar-refractivity contribution in [1.82, 2.24) is 25.0 Å². The van der Waals surface area contributed by atoms with E-state index >= 15 is 0 Å². The zero-order valence-corrected chi connectivity index (χ0v) is 15.7. The Morgan fingerprint density at radius 2 is 2.21 bits per heavy atom. The van der Waals surface area contributed by atoms with Gasteiger partial charge in [0, 0.05) is 17.8 Å². The van der Waals surface area contributed by atoms with Crippen LogP contribution in [0.5, 0.6) is 0 Å². The van der Waals surface area contributed by atoms with Gasteiger partial charge in [0.2, 0.25) is 5.91 Å².